The van der Waals surface area contributed by atoms with Gasteiger partial charge in [0.25, 0.3) is 0 Å². The Morgan fingerprint density at radius 1 is 1.45 bits per heavy atom. The summed E-state index contributed by atoms with van der Waals surface area (Å²) in [5.41, 5.74) is 7.61. The number of oxime groups is 1. The maximum Gasteiger partial charge on any atom is 0.173 e. The Kier molecular flexibility index (Phi) is 3.85. The van der Waals surface area contributed by atoms with Crippen LogP contribution in [0.5, 0.6) is 0 Å². The van der Waals surface area contributed by atoms with Crippen LogP contribution in [0.4, 0.5) is 5.69 Å². The molecule has 3 rings (SSSR count). The van der Waals surface area contributed by atoms with Gasteiger partial charge in [-0.15, -0.1) is 0 Å². The number of morpholine rings is 1. The number of fused-ring (bicyclic) bond motifs is 1. The normalized spacial score (nSPS) is 26.6. The van der Waals surface area contributed by atoms with E-state index in [1.165, 1.54) is 6.42 Å². The lowest BCUT2D eigenvalue weighted by Crippen LogP contribution is -2.49. The van der Waals surface area contributed by atoms with Crippen molar-refractivity contribution in [3.05, 3.63) is 28.2 Å². The molecule has 3 N–H and O–H groups in total. The van der Waals surface area contributed by atoms with Crippen molar-refractivity contribution < 1.29 is 9.94 Å². The molecule has 0 aromatic heterocycles. The summed E-state index contributed by atoms with van der Waals surface area (Å²) < 4.78 is 6.69. The largest absolute Gasteiger partial charge is 0.409 e. The quantitative estimate of drug-likeness (QED) is 0.375. The van der Waals surface area contributed by atoms with Gasteiger partial charge in [0, 0.05) is 16.7 Å². The lowest BCUT2D eigenvalue weighted by Gasteiger charge is -2.40. The molecule has 6 heteroatoms. The van der Waals surface area contributed by atoms with Gasteiger partial charge in [0.15, 0.2) is 5.84 Å². The summed E-state index contributed by atoms with van der Waals surface area (Å²) in [4.78, 5) is 2.35. The number of nitrogens with zero attached hydrogens (tertiary/aromatic N) is 2. The van der Waals surface area contributed by atoms with E-state index >= 15 is 0 Å². The number of halogens is 1. The lowest BCUT2D eigenvalue weighted by molar-refractivity contribution is 0.0256. The van der Waals surface area contributed by atoms with Crippen LogP contribution in [0.1, 0.15) is 24.8 Å². The molecule has 0 bridgehead atoms. The molecule has 2 fully saturated rings. The average molecular weight is 340 g/mol. The Hall–Kier alpha value is -1.27. The van der Waals surface area contributed by atoms with E-state index in [-0.39, 0.29) is 5.84 Å². The summed E-state index contributed by atoms with van der Waals surface area (Å²) in [7, 11) is 0. The molecule has 1 saturated heterocycles. The first-order valence-corrected chi connectivity index (χ1v) is 7.66. The van der Waals surface area contributed by atoms with Crippen molar-refractivity contribution in [3.63, 3.8) is 0 Å². The van der Waals surface area contributed by atoms with Crippen LogP contribution in [-0.4, -0.2) is 36.3 Å². The lowest BCUT2D eigenvalue weighted by atomic mass is 10.1. The molecule has 20 heavy (non-hydrogen) atoms. The highest BCUT2D eigenvalue weighted by Crippen LogP contribution is 2.36. The van der Waals surface area contributed by atoms with Gasteiger partial charge in [-0.05, 0) is 47.3 Å². The first-order valence-electron chi connectivity index (χ1n) is 6.87. The summed E-state index contributed by atoms with van der Waals surface area (Å²) in [6.07, 6.45) is 3.75. The highest BCUT2D eigenvalue weighted by molar-refractivity contribution is 9.10. The van der Waals surface area contributed by atoms with Crippen molar-refractivity contribution in [2.75, 3.05) is 18.1 Å². The fraction of sp³-hybridized carbons (Fsp3) is 0.500. The minimum absolute atomic E-state index is 0.133. The smallest absolute Gasteiger partial charge is 0.173 e. The zero-order valence-corrected chi connectivity index (χ0v) is 12.7. The van der Waals surface area contributed by atoms with Gasteiger partial charge in [0.2, 0.25) is 0 Å². The second-order valence-corrected chi connectivity index (χ2v) is 6.07. The fourth-order valence-electron chi connectivity index (χ4n) is 3.28. The van der Waals surface area contributed by atoms with E-state index in [1.807, 2.05) is 18.2 Å². The first-order chi connectivity index (χ1) is 9.72. The van der Waals surface area contributed by atoms with E-state index in [0.29, 0.717) is 12.1 Å². The Morgan fingerprint density at radius 2 is 2.30 bits per heavy atom. The molecule has 108 valence electrons. The van der Waals surface area contributed by atoms with Crippen LogP contribution in [0, 0.1) is 0 Å². The van der Waals surface area contributed by atoms with Gasteiger partial charge >= 0.3 is 0 Å². The molecule has 0 spiro atoms. The summed E-state index contributed by atoms with van der Waals surface area (Å²) in [6, 6.07) is 6.30. The minimum Gasteiger partial charge on any atom is -0.409 e. The van der Waals surface area contributed by atoms with Gasteiger partial charge in [-0.3, -0.25) is 0 Å². The van der Waals surface area contributed by atoms with E-state index in [9.17, 15) is 0 Å². The molecule has 0 amide bonds. The third kappa shape index (κ3) is 2.27. The monoisotopic (exact) mass is 339 g/mol. The van der Waals surface area contributed by atoms with Gasteiger partial charge in [-0.25, -0.2) is 0 Å². The highest BCUT2D eigenvalue weighted by atomic mass is 79.9. The summed E-state index contributed by atoms with van der Waals surface area (Å²) >= 11 is 3.50. The van der Waals surface area contributed by atoms with E-state index in [0.717, 1.165) is 41.7 Å². The predicted octanol–water partition coefficient (Wildman–Crippen LogP) is 2.30. The highest BCUT2D eigenvalue weighted by Gasteiger charge is 2.37. The second kappa shape index (κ2) is 5.61. The van der Waals surface area contributed by atoms with E-state index < -0.39 is 0 Å². The number of amidine groups is 1. The van der Waals surface area contributed by atoms with Crippen molar-refractivity contribution in [2.45, 2.75) is 31.4 Å². The van der Waals surface area contributed by atoms with Gasteiger partial charge in [0.1, 0.15) is 0 Å². The van der Waals surface area contributed by atoms with Crippen LogP contribution in [0.2, 0.25) is 0 Å². The zero-order chi connectivity index (χ0) is 14.1. The molecule has 2 aliphatic rings. The molecule has 2 atom stereocenters. The van der Waals surface area contributed by atoms with Crippen LogP contribution < -0.4 is 10.6 Å². The van der Waals surface area contributed by atoms with Gasteiger partial charge in [-0.1, -0.05) is 11.2 Å². The standard InChI is InChI=1S/C14H18BrN3O2/c15-9-3-1-5-11(13(9)14(16)17-19)18-7-8-20-12-6-2-4-10(12)18/h1,3,5,10,12,19H,2,4,6-8H2,(H2,16,17). The van der Waals surface area contributed by atoms with Crippen molar-refractivity contribution in [3.8, 4) is 0 Å². The third-order valence-corrected chi connectivity index (χ3v) is 4.81. The van der Waals surface area contributed by atoms with E-state index in [1.54, 1.807) is 0 Å². The summed E-state index contributed by atoms with van der Waals surface area (Å²) in [6.45, 7) is 1.56. The average Bonchev–Trinajstić information content (AvgIpc) is 2.94. The minimum atomic E-state index is 0.133. The summed E-state index contributed by atoms with van der Waals surface area (Å²) in [5, 5.41) is 12.2. The van der Waals surface area contributed by atoms with Crippen molar-refractivity contribution in [2.24, 2.45) is 10.9 Å². The van der Waals surface area contributed by atoms with Gasteiger partial charge in [-0.2, -0.15) is 0 Å². The van der Waals surface area contributed by atoms with Crippen molar-refractivity contribution in [1.29, 1.82) is 0 Å². The van der Waals surface area contributed by atoms with E-state index in [4.69, 9.17) is 15.7 Å². The number of ether oxygens (including phenoxy) is 1. The van der Waals surface area contributed by atoms with Crippen LogP contribution >= 0.6 is 15.9 Å². The van der Waals surface area contributed by atoms with Crippen LogP contribution in [0.25, 0.3) is 0 Å². The van der Waals surface area contributed by atoms with Crippen molar-refractivity contribution >= 4 is 27.5 Å². The Balaban J connectivity index is 2.03. The molecular formula is C14H18BrN3O2. The second-order valence-electron chi connectivity index (χ2n) is 5.22. The number of anilines is 1. The Bertz CT molecular complexity index is 535. The van der Waals surface area contributed by atoms with Crippen molar-refractivity contribution in [1.82, 2.24) is 0 Å². The molecule has 1 aromatic carbocycles. The van der Waals surface area contributed by atoms with Crippen LogP contribution in [0.15, 0.2) is 27.8 Å². The predicted molar refractivity (Wildman–Crippen MR) is 81.4 cm³/mol. The SMILES string of the molecule is N/C(=N/O)c1c(Br)cccc1N1CCOC2CCCC21. The molecular weight excluding hydrogens is 322 g/mol. The van der Waals surface area contributed by atoms with Gasteiger partial charge in [0.05, 0.1) is 24.3 Å². The maximum absolute atomic E-state index is 9.02. The van der Waals surface area contributed by atoms with E-state index in [2.05, 4.69) is 26.0 Å². The van der Waals surface area contributed by atoms with Gasteiger partial charge < -0.3 is 20.6 Å². The number of benzene rings is 1. The number of rotatable bonds is 2. The third-order valence-electron chi connectivity index (χ3n) is 4.15. The topological polar surface area (TPSA) is 71.1 Å². The molecule has 1 aliphatic carbocycles. The van der Waals surface area contributed by atoms with Crippen LogP contribution in [0.3, 0.4) is 0 Å². The first kappa shape index (κ1) is 13.7. The number of nitrogens with two attached hydrogens (primary N) is 1. The molecule has 5 nitrogen and oxygen atoms in total. The zero-order valence-electron chi connectivity index (χ0n) is 11.1. The number of hydrogen-bond acceptors (Lipinski definition) is 4. The fourth-order valence-corrected chi connectivity index (χ4v) is 3.84. The molecule has 1 heterocycles. The summed E-state index contributed by atoms with van der Waals surface area (Å²) in [5.74, 6) is 0.133. The molecule has 1 saturated carbocycles. The molecule has 2 unspecified atom stereocenters. The molecule has 1 aromatic rings. The maximum atomic E-state index is 9.02. The number of hydrogen-bond donors (Lipinski definition) is 2. The Morgan fingerprint density at radius 3 is 3.10 bits per heavy atom. The van der Waals surface area contributed by atoms with Crippen LogP contribution in [-0.2, 0) is 4.74 Å². The molecule has 0 radical (unpaired) electrons. The Labute approximate surface area is 126 Å². The molecule has 1 aliphatic heterocycles.